The highest BCUT2D eigenvalue weighted by Gasteiger charge is 2.36. The molecule has 0 aromatic heterocycles. The lowest BCUT2D eigenvalue weighted by atomic mass is 9.79. The molecule has 0 aliphatic rings. The SMILES string of the molecule is CCC(O)(c1ccccc1OC)C(C)CN(C)C. The second kappa shape index (κ2) is 6.21. The highest BCUT2D eigenvalue weighted by molar-refractivity contribution is 5.38. The highest BCUT2D eigenvalue weighted by Crippen LogP contribution is 2.38. The topological polar surface area (TPSA) is 32.7 Å². The molecule has 2 unspecified atom stereocenters. The Bertz CT molecular complexity index is 379. The van der Waals surface area contributed by atoms with Crippen LogP contribution in [0.3, 0.4) is 0 Å². The van der Waals surface area contributed by atoms with Crippen molar-refractivity contribution in [3.05, 3.63) is 29.8 Å². The molecule has 0 fully saturated rings. The molecule has 0 aliphatic heterocycles. The number of methoxy groups -OCH3 is 1. The summed E-state index contributed by atoms with van der Waals surface area (Å²) in [6.45, 7) is 4.93. The Hall–Kier alpha value is -1.06. The summed E-state index contributed by atoms with van der Waals surface area (Å²) in [5.74, 6) is 0.890. The Kier molecular flexibility index (Phi) is 5.17. The van der Waals surface area contributed by atoms with E-state index in [1.807, 2.05) is 45.3 Å². The average molecular weight is 251 g/mol. The van der Waals surface area contributed by atoms with Crippen molar-refractivity contribution >= 4 is 0 Å². The van der Waals surface area contributed by atoms with Gasteiger partial charge in [0.15, 0.2) is 0 Å². The van der Waals surface area contributed by atoms with E-state index in [2.05, 4.69) is 11.8 Å². The zero-order valence-electron chi connectivity index (χ0n) is 12.1. The Labute approximate surface area is 110 Å². The van der Waals surface area contributed by atoms with Gasteiger partial charge in [-0.15, -0.1) is 0 Å². The number of ether oxygens (including phenoxy) is 1. The number of rotatable bonds is 6. The van der Waals surface area contributed by atoms with Crippen LogP contribution in [0.4, 0.5) is 0 Å². The largest absolute Gasteiger partial charge is 0.496 e. The molecule has 0 amide bonds. The fourth-order valence-corrected chi connectivity index (χ4v) is 2.51. The van der Waals surface area contributed by atoms with Crippen molar-refractivity contribution in [3.8, 4) is 5.75 Å². The summed E-state index contributed by atoms with van der Waals surface area (Å²) in [5, 5.41) is 11.0. The normalized spacial score (nSPS) is 16.4. The van der Waals surface area contributed by atoms with Gasteiger partial charge in [-0.05, 0) is 26.6 Å². The first-order valence-corrected chi connectivity index (χ1v) is 6.46. The maximum atomic E-state index is 11.0. The summed E-state index contributed by atoms with van der Waals surface area (Å²) >= 11 is 0. The molecule has 0 radical (unpaired) electrons. The predicted octanol–water partition coefficient (Wildman–Crippen LogP) is 2.49. The fourth-order valence-electron chi connectivity index (χ4n) is 2.51. The van der Waals surface area contributed by atoms with Gasteiger partial charge in [0.05, 0.1) is 12.7 Å². The summed E-state index contributed by atoms with van der Waals surface area (Å²) in [5.41, 5.74) is 0.0287. The van der Waals surface area contributed by atoms with E-state index in [-0.39, 0.29) is 5.92 Å². The standard InChI is InChI=1S/C15H25NO2/c1-6-15(17,12(2)11-16(3)4)13-9-7-8-10-14(13)18-5/h7-10,12,17H,6,11H2,1-5H3. The van der Waals surface area contributed by atoms with Gasteiger partial charge in [0, 0.05) is 18.0 Å². The summed E-state index contributed by atoms with van der Waals surface area (Å²) in [4.78, 5) is 2.10. The van der Waals surface area contributed by atoms with E-state index in [0.717, 1.165) is 17.9 Å². The molecule has 1 aromatic rings. The second-order valence-electron chi connectivity index (χ2n) is 5.14. The Morgan fingerprint density at radius 2 is 1.94 bits per heavy atom. The van der Waals surface area contributed by atoms with Gasteiger partial charge in [-0.1, -0.05) is 32.0 Å². The molecule has 0 spiro atoms. The van der Waals surface area contributed by atoms with Crippen LogP contribution in [0.25, 0.3) is 0 Å². The van der Waals surface area contributed by atoms with Crippen LogP contribution in [0, 0.1) is 5.92 Å². The number of hydrogen-bond acceptors (Lipinski definition) is 3. The van der Waals surface area contributed by atoms with E-state index in [4.69, 9.17) is 4.74 Å². The maximum absolute atomic E-state index is 11.0. The number of benzene rings is 1. The molecule has 1 aromatic carbocycles. The van der Waals surface area contributed by atoms with Crippen LogP contribution < -0.4 is 4.74 Å². The quantitative estimate of drug-likeness (QED) is 0.843. The van der Waals surface area contributed by atoms with Crippen LogP contribution in [-0.4, -0.2) is 37.8 Å². The van der Waals surface area contributed by atoms with Gasteiger partial charge < -0.3 is 14.7 Å². The molecule has 3 heteroatoms. The fraction of sp³-hybridized carbons (Fsp3) is 0.600. The first-order valence-electron chi connectivity index (χ1n) is 6.46. The van der Waals surface area contributed by atoms with Crippen molar-refractivity contribution in [1.82, 2.24) is 4.90 Å². The Morgan fingerprint density at radius 1 is 1.33 bits per heavy atom. The molecule has 0 saturated carbocycles. The first kappa shape index (κ1) is 15.0. The van der Waals surface area contributed by atoms with Crippen LogP contribution in [-0.2, 0) is 5.60 Å². The van der Waals surface area contributed by atoms with Crippen LogP contribution in [0.1, 0.15) is 25.8 Å². The molecule has 3 nitrogen and oxygen atoms in total. The minimum absolute atomic E-state index is 0.133. The minimum atomic E-state index is -0.850. The van der Waals surface area contributed by atoms with Crippen LogP contribution >= 0.6 is 0 Å². The molecule has 18 heavy (non-hydrogen) atoms. The zero-order valence-corrected chi connectivity index (χ0v) is 12.1. The summed E-state index contributed by atoms with van der Waals surface area (Å²) < 4.78 is 5.37. The third kappa shape index (κ3) is 3.03. The molecule has 0 bridgehead atoms. The van der Waals surface area contributed by atoms with Crippen molar-refractivity contribution in [1.29, 1.82) is 0 Å². The monoisotopic (exact) mass is 251 g/mol. The molecular weight excluding hydrogens is 226 g/mol. The molecular formula is C15H25NO2. The van der Waals surface area contributed by atoms with Gasteiger partial charge in [-0.2, -0.15) is 0 Å². The number of aliphatic hydroxyl groups is 1. The Morgan fingerprint density at radius 3 is 2.44 bits per heavy atom. The highest BCUT2D eigenvalue weighted by atomic mass is 16.5. The van der Waals surface area contributed by atoms with Crippen LogP contribution in [0.15, 0.2) is 24.3 Å². The zero-order chi connectivity index (χ0) is 13.8. The van der Waals surface area contributed by atoms with E-state index in [1.165, 1.54) is 0 Å². The van der Waals surface area contributed by atoms with E-state index in [1.54, 1.807) is 7.11 Å². The van der Waals surface area contributed by atoms with Crippen molar-refractivity contribution < 1.29 is 9.84 Å². The molecule has 0 saturated heterocycles. The molecule has 2 atom stereocenters. The molecule has 1 N–H and O–H groups in total. The lowest BCUT2D eigenvalue weighted by Gasteiger charge is -2.36. The van der Waals surface area contributed by atoms with E-state index >= 15 is 0 Å². The van der Waals surface area contributed by atoms with Gasteiger partial charge in [-0.25, -0.2) is 0 Å². The minimum Gasteiger partial charge on any atom is -0.496 e. The van der Waals surface area contributed by atoms with Gasteiger partial charge >= 0.3 is 0 Å². The van der Waals surface area contributed by atoms with E-state index in [0.29, 0.717) is 6.42 Å². The molecule has 1 rings (SSSR count). The third-order valence-corrected chi connectivity index (χ3v) is 3.57. The Balaban J connectivity index is 3.13. The van der Waals surface area contributed by atoms with Crippen molar-refractivity contribution in [3.63, 3.8) is 0 Å². The van der Waals surface area contributed by atoms with Gasteiger partial charge in [-0.3, -0.25) is 0 Å². The van der Waals surface area contributed by atoms with Gasteiger partial charge in [0.1, 0.15) is 5.75 Å². The first-order chi connectivity index (χ1) is 8.45. The molecule has 0 aliphatic carbocycles. The lowest BCUT2D eigenvalue weighted by molar-refractivity contribution is -0.0308. The third-order valence-electron chi connectivity index (χ3n) is 3.57. The number of nitrogens with zero attached hydrogens (tertiary/aromatic N) is 1. The van der Waals surface area contributed by atoms with Crippen molar-refractivity contribution in [2.24, 2.45) is 5.92 Å². The number of para-hydroxylation sites is 1. The summed E-state index contributed by atoms with van der Waals surface area (Å²) in [6, 6.07) is 7.72. The van der Waals surface area contributed by atoms with E-state index < -0.39 is 5.60 Å². The van der Waals surface area contributed by atoms with Crippen molar-refractivity contribution in [2.75, 3.05) is 27.7 Å². The summed E-state index contributed by atoms with van der Waals surface area (Å²) in [6.07, 6.45) is 0.669. The van der Waals surface area contributed by atoms with Gasteiger partial charge in [0.25, 0.3) is 0 Å². The summed E-state index contributed by atoms with van der Waals surface area (Å²) in [7, 11) is 5.69. The predicted molar refractivity (Wildman–Crippen MR) is 74.9 cm³/mol. The maximum Gasteiger partial charge on any atom is 0.124 e. The van der Waals surface area contributed by atoms with Crippen molar-refractivity contribution in [2.45, 2.75) is 25.9 Å². The molecule has 102 valence electrons. The van der Waals surface area contributed by atoms with Crippen LogP contribution in [0.5, 0.6) is 5.75 Å². The molecule has 0 heterocycles. The lowest BCUT2D eigenvalue weighted by Crippen LogP contribution is -2.39. The second-order valence-corrected chi connectivity index (χ2v) is 5.14. The smallest absolute Gasteiger partial charge is 0.124 e. The number of hydrogen-bond donors (Lipinski definition) is 1. The van der Waals surface area contributed by atoms with E-state index in [9.17, 15) is 5.11 Å². The van der Waals surface area contributed by atoms with Crippen LogP contribution in [0.2, 0.25) is 0 Å². The average Bonchev–Trinajstić information content (AvgIpc) is 2.36. The van der Waals surface area contributed by atoms with Gasteiger partial charge in [0.2, 0.25) is 0 Å².